The van der Waals surface area contributed by atoms with Gasteiger partial charge in [-0.1, -0.05) is 31.4 Å². The highest BCUT2D eigenvalue weighted by Gasteiger charge is 2.26. The molecule has 0 N–H and O–H groups in total. The van der Waals surface area contributed by atoms with E-state index in [0.29, 0.717) is 11.1 Å². The summed E-state index contributed by atoms with van der Waals surface area (Å²) in [6, 6.07) is 0. The van der Waals surface area contributed by atoms with Crippen LogP contribution in [0.5, 0.6) is 0 Å². The van der Waals surface area contributed by atoms with Crippen molar-refractivity contribution >= 4 is 33.2 Å². The fourth-order valence-electron chi connectivity index (χ4n) is 3.82. The molecule has 1 saturated carbocycles. The first-order valence-electron chi connectivity index (χ1n) is 7.70. The van der Waals surface area contributed by atoms with Crippen molar-refractivity contribution in [3.63, 3.8) is 0 Å². The quantitative estimate of drug-likeness (QED) is 0.683. The van der Waals surface area contributed by atoms with Gasteiger partial charge in [0, 0.05) is 10.8 Å². The van der Waals surface area contributed by atoms with Gasteiger partial charge in [0.05, 0.1) is 5.39 Å². The zero-order valence-corrected chi connectivity index (χ0v) is 13.4. The Hall–Kier alpha value is -0.670. The summed E-state index contributed by atoms with van der Waals surface area (Å²) in [5.41, 5.74) is 1.43. The molecule has 4 rings (SSSR count). The van der Waals surface area contributed by atoms with Gasteiger partial charge in [-0.2, -0.15) is 0 Å². The van der Waals surface area contributed by atoms with Crippen molar-refractivity contribution in [2.24, 2.45) is 5.92 Å². The van der Waals surface area contributed by atoms with Crippen LogP contribution in [0.1, 0.15) is 61.2 Å². The third-order valence-electron chi connectivity index (χ3n) is 4.84. The van der Waals surface area contributed by atoms with Crippen LogP contribution in [0.25, 0.3) is 10.2 Å². The molecule has 0 aromatic carbocycles. The Kier molecular flexibility index (Phi) is 3.23. The van der Waals surface area contributed by atoms with Gasteiger partial charge in [0.25, 0.3) is 0 Å². The monoisotopic (exact) mass is 306 g/mol. The highest BCUT2D eigenvalue weighted by molar-refractivity contribution is 7.19. The van der Waals surface area contributed by atoms with Gasteiger partial charge in [0.2, 0.25) is 0 Å². The molecular weight excluding hydrogens is 288 g/mol. The standard InChI is InChI=1S/C16H19ClN2S/c1-9-4-2-5-10(8-9)15-18-14(17)13-11-6-3-7-12(11)20-16(13)19-15/h9-10H,2-8H2,1H3. The number of hydrogen-bond donors (Lipinski definition) is 0. The van der Waals surface area contributed by atoms with Crippen molar-refractivity contribution in [1.82, 2.24) is 9.97 Å². The first kappa shape index (κ1) is 13.0. The normalized spacial score (nSPS) is 26.1. The second-order valence-corrected chi connectivity index (χ2v) is 7.82. The van der Waals surface area contributed by atoms with Crippen LogP contribution in [0.15, 0.2) is 0 Å². The molecule has 2 aromatic rings. The molecule has 0 radical (unpaired) electrons. The SMILES string of the molecule is CC1CCCC(c2nc(Cl)c3c4c(sc3n2)CCC4)C1. The van der Waals surface area contributed by atoms with Gasteiger partial charge in [-0.15, -0.1) is 11.3 Å². The van der Waals surface area contributed by atoms with E-state index in [0.717, 1.165) is 28.4 Å². The Balaban J connectivity index is 1.78. The third-order valence-corrected chi connectivity index (χ3v) is 6.30. The summed E-state index contributed by atoms with van der Waals surface area (Å²) in [7, 11) is 0. The van der Waals surface area contributed by atoms with E-state index in [2.05, 4.69) is 11.9 Å². The van der Waals surface area contributed by atoms with Crippen LogP contribution in [-0.4, -0.2) is 9.97 Å². The molecule has 1 fully saturated rings. The Labute approximate surface area is 128 Å². The van der Waals surface area contributed by atoms with E-state index in [9.17, 15) is 0 Å². The van der Waals surface area contributed by atoms with Gasteiger partial charge in [0.1, 0.15) is 15.8 Å². The maximum Gasteiger partial charge on any atom is 0.141 e. The van der Waals surface area contributed by atoms with Gasteiger partial charge in [0.15, 0.2) is 0 Å². The summed E-state index contributed by atoms with van der Waals surface area (Å²) in [6.45, 7) is 2.34. The lowest BCUT2D eigenvalue weighted by Gasteiger charge is -2.25. The number of rotatable bonds is 1. The lowest BCUT2D eigenvalue weighted by molar-refractivity contribution is 0.336. The largest absolute Gasteiger partial charge is 0.222 e. The molecule has 0 spiro atoms. The minimum Gasteiger partial charge on any atom is -0.222 e. The van der Waals surface area contributed by atoms with E-state index >= 15 is 0 Å². The first-order valence-corrected chi connectivity index (χ1v) is 8.89. The first-order chi connectivity index (χ1) is 9.72. The van der Waals surface area contributed by atoms with E-state index in [1.54, 1.807) is 0 Å². The maximum atomic E-state index is 6.50. The number of hydrogen-bond acceptors (Lipinski definition) is 3. The molecule has 106 valence electrons. The van der Waals surface area contributed by atoms with Crippen molar-refractivity contribution in [1.29, 1.82) is 0 Å². The Morgan fingerprint density at radius 3 is 2.90 bits per heavy atom. The molecule has 0 amide bonds. The molecule has 0 aliphatic heterocycles. The number of thiophene rings is 1. The fraction of sp³-hybridized carbons (Fsp3) is 0.625. The van der Waals surface area contributed by atoms with Gasteiger partial charge in [-0.25, -0.2) is 9.97 Å². The number of aromatic nitrogens is 2. The van der Waals surface area contributed by atoms with Crippen LogP contribution >= 0.6 is 22.9 Å². The van der Waals surface area contributed by atoms with E-state index in [1.807, 2.05) is 11.3 Å². The van der Waals surface area contributed by atoms with Crippen molar-refractivity contribution in [3.8, 4) is 0 Å². The van der Waals surface area contributed by atoms with Crippen LogP contribution in [0, 0.1) is 5.92 Å². The van der Waals surface area contributed by atoms with Crippen molar-refractivity contribution < 1.29 is 0 Å². The highest BCUT2D eigenvalue weighted by atomic mass is 35.5. The van der Waals surface area contributed by atoms with Crippen LogP contribution in [0.2, 0.25) is 5.15 Å². The summed E-state index contributed by atoms with van der Waals surface area (Å²) in [5.74, 6) is 2.30. The van der Waals surface area contributed by atoms with Gasteiger partial charge < -0.3 is 0 Å². The molecule has 2 heterocycles. The van der Waals surface area contributed by atoms with Gasteiger partial charge >= 0.3 is 0 Å². The second-order valence-electron chi connectivity index (χ2n) is 6.38. The van der Waals surface area contributed by atoms with Crippen molar-refractivity contribution in [3.05, 3.63) is 21.4 Å². The minimum atomic E-state index is 0.512. The molecule has 2 nitrogen and oxygen atoms in total. The highest BCUT2D eigenvalue weighted by Crippen LogP contribution is 2.41. The summed E-state index contributed by atoms with van der Waals surface area (Å²) < 4.78 is 0. The molecule has 2 aliphatic carbocycles. The Morgan fingerprint density at radius 1 is 1.15 bits per heavy atom. The molecule has 2 atom stereocenters. The maximum absolute atomic E-state index is 6.50. The average molecular weight is 307 g/mol. The van der Waals surface area contributed by atoms with Crippen molar-refractivity contribution in [2.45, 2.75) is 57.8 Å². The fourth-order valence-corrected chi connectivity index (χ4v) is 5.43. The molecule has 20 heavy (non-hydrogen) atoms. The smallest absolute Gasteiger partial charge is 0.141 e. The number of nitrogens with zero attached hydrogens (tertiary/aromatic N) is 2. The number of fused-ring (bicyclic) bond motifs is 3. The summed E-state index contributed by atoms with van der Waals surface area (Å²) in [4.78, 5) is 12.2. The minimum absolute atomic E-state index is 0.512. The van der Waals surface area contributed by atoms with Crippen molar-refractivity contribution in [2.75, 3.05) is 0 Å². The Morgan fingerprint density at radius 2 is 2.05 bits per heavy atom. The lowest BCUT2D eigenvalue weighted by Crippen LogP contribution is -2.14. The average Bonchev–Trinajstić information content (AvgIpc) is 2.98. The van der Waals surface area contributed by atoms with E-state index in [1.165, 1.54) is 49.0 Å². The zero-order chi connectivity index (χ0) is 13.7. The predicted molar refractivity (Wildman–Crippen MR) is 84.8 cm³/mol. The Bertz CT molecular complexity index is 664. The van der Waals surface area contributed by atoms with Crippen LogP contribution in [0.4, 0.5) is 0 Å². The number of aryl methyl sites for hydroxylation is 2. The molecular formula is C16H19ClN2S. The molecule has 2 aromatic heterocycles. The summed E-state index contributed by atoms with van der Waals surface area (Å²) >= 11 is 8.34. The molecule has 2 aliphatic rings. The van der Waals surface area contributed by atoms with Crippen LogP contribution in [-0.2, 0) is 12.8 Å². The third kappa shape index (κ3) is 2.06. The number of halogens is 1. The predicted octanol–water partition coefficient (Wildman–Crippen LogP) is 5.13. The molecule has 0 bridgehead atoms. The van der Waals surface area contributed by atoms with Crippen LogP contribution in [0.3, 0.4) is 0 Å². The van der Waals surface area contributed by atoms with E-state index in [4.69, 9.17) is 16.6 Å². The second kappa shape index (κ2) is 4.96. The molecule has 0 saturated heterocycles. The topological polar surface area (TPSA) is 25.8 Å². The zero-order valence-electron chi connectivity index (χ0n) is 11.8. The molecule has 4 heteroatoms. The van der Waals surface area contributed by atoms with E-state index < -0.39 is 0 Å². The van der Waals surface area contributed by atoms with Gasteiger partial charge in [-0.3, -0.25) is 0 Å². The van der Waals surface area contributed by atoms with Crippen LogP contribution < -0.4 is 0 Å². The van der Waals surface area contributed by atoms with E-state index in [-0.39, 0.29) is 0 Å². The molecule has 2 unspecified atom stereocenters. The summed E-state index contributed by atoms with van der Waals surface area (Å²) in [5, 5.41) is 1.85. The lowest BCUT2D eigenvalue weighted by atomic mass is 9.82. The van der Waals surface area contributed by atoms with Gasteiger partial charge in [-0.05, 0) is 43.6 Å². The summed E-state index contributed by atoms with van der Waals surface area (Å²) in [6.07, 6.45) is 8.69.